The van der Waals surface area contributed by atoms with Crippen molar-refractivity contribution in [1.82, 2.24) is 0 Å². The lowest BCUT2D eigenvalue weighted by Gasteiger charge is -2.14. The lowest BCUT2D eigenvalue weighted by Crippen LogP contribution is -2.12. The molecule has 2 aromatic rings. The van der Waals surface area contributed by atoms with E-state index in [-0.39, 0.29) is 12.4 Å². The molecule has 0 aliphatic heterocycles. The summed E-state index contributed by atoms with van der Waals surface area (Å²) in [6.45, 7) is 1.01. The molecule has 0 spiro atoms. The van der Waals surface area contributed by atoms with Crippen LogP contribution in [0.5, 0.6) is 5.75 Å². The third-order valence-electron chi connectivity index (χ3n) is 2.98. The molecule has 0 N–H and O–H groups in total. The Hall–Kier alpha value is -2.37. The highest BCUT2D eigenvalue weighted by Gasteiger charge is 2.36. The zero-order chi connectivity index (χ0) is 16.3. The van der Waals surface area contributed by atoms with E-state index in [1.54, 1.807) is 30.3 Å². The van der Waals surface area contributed by atoms with Crippen molar-refractivity contribution in [3.8, 4) is 5.75 Å². The van der Waals surface area contributed by atoms with Crippen molar-refractivity contribution >= 4 is 5.78 Å². The zero-order valence-electron chi connectivity index (χ0n) is 11.6. The van der Waals surface area contributed by atoms with Gasteiger partial charge in [-0.25, -0.2) is 4.39 Å². The number of ether oxygens (including phenoxy) is 1. The van der Waals surface area contributed by atoms with Gasteiger partial charge < -0.3 is 4.74 Å². The van der Waals surface area contributed by atoms with E-state index in [4.69, 9.17) is 4.74 Å². The molecule has 0 aliphatic carbocycles. The number of halogens is 4. The van der Waals surface area contributed by atoms with Gasteiger partial charge in [0, 0.05) is 0 Å². The van der Waals surface area contributed by atoms with E-state index < -0.39 is 28.9 Å². The lowest BCUT2D eigenvalue weighted by atomic mass is 10.1. The SMILES string of the molecule is CC(=O)c1cc(OCc2ccccc2)cc(C(F)(F)F)c1F. The molecule has 2 rings (SSSR count). The first-order valence-electron chi connectivity index (χ1n) is 6.37. The summed E-state index contributed by atoms with van der Waals surface area (Å²) in [5, 5.41) is 0. The first kappa shape index (κ1) is 16.0. The first-order valence-corrected chi connectivity index (χ1v) is 6.37. The molecule has 2 aromatic carbocycles. The maximum Gasteiger partial charge on any atom is 0.419 e. The minimum atomic E-state index is -4.90. The van der Waals surface area contributed by atoms with E-state index in [0.717, 1.165) is 18.6 Å². The number of Topliss-reactive ketones (excluding diaryl/α,β-unsaturated/α-hetero) is 1. The van der Waals surface area contributed by atoms with E-state index >= 15 is 0 Å². The molecule has 0 saturated heterocycles. The van der Waals surface area contributed by atoms with Gasteiger partial charge in [-0.2, -0.15) is 13.2 Å². The van der Waals surface area contributed by atoms with Gasteiger partial charge >= 0.3 is 6.18 Å². The standard InChI is InChI=1S/C16H12F4O2/c1-10(21)13-7-12(8-14(15(13)17)16(18,19)20)22-9-11-5-3-2-4-6-11/h2-8H,9H2,1H3. The van der Waals surface area contributed by atoms with Crippen molar-refractivity contribution in [2.24, 2.45) is 0 Å². The third-order valence-corrected chi connectivity index (χ3v) is 2.98. The van der Waals surface area contributed by atoms with Crippen molar-refractivity contribution in [3.05, 3.63) is 65.0 Å². The summed E-state index contributed by atoms with van der Waals surface area (Å²) < 4.78 is 57.5. The van der Waals surface area contributed by atoms with Crippen LogP contribution in [0.3, 0.4) is 0 Å². The third kappa shape index (κ3) is 3.63. The zero-order valence-corrected chi connectivity index (χ0v) is 11.6. The average Bonchev–Trinajstić information content (AvgIpc) is 2.45. The number of carbonyl (C=O) groups excluding carboxylic acids is 1. The van der Waals surface area contributed by atoms with E-state index in [0.29, 0.717) is 6.07 Å². The molecule has 0 radical (unpaired) electrons. The van der Waals surface area contributed by atoms with Crippen LogP contribution in [0.1, 0.15) is 28.4 Å². The minimum Gasteiger partial charge on any atom is -0.489 e. The molecule has 0 aromatic heterocycles. The van der Waals surface area contributed by atoms with Gasteiger partial charge in [0.25, 0.3) is 0 Å². The second-order valence-corrected chi connectivity index (χ2v) is 4.66. The number of ketones is 1. The van der Waals surface area contributed by atoms with Gasteiger partial charge in [-0.15, -0.1) is 0 Å². The van der Waals surface area contributed by atoms with E-state index in [2.05, 4.69) is 0 Å². The molecule has 2 nitrogen and oxygen atoms in total. The van der Waals surface area contributed by atoms with E-state index in [9.17, 15) is 22.4 Å². The average molecular weight is 312 g/mol. The molecule has 0 bridgehead atoms. The van der Waals surface area contributed by atoms with Gasteiger partial charge in [0.05, 0.1) is 11.1 Å². The Balaban J connectivity index is 2.35. The lowest BCUT2D eigenvalue weighted by molar-refractivity contribution is -0.140. The van der Waals surface area contributed by atoms with Gasteiger partial charge in [0.2, 0.25) is 0 Å². The number of hydrogen-bond acceptors (Lipinski definition) is 2. The monoisotopic (exact) mass is 312 g/mol. The Morgan fingerprint density at radius 2 is 1.77 bits per heavy atom. The Bertz CT molecular complexity index is 679. The highest BCUT2D eigenvalue weighted by atomic mass is 19.4. The van der Waals surface area contributed by atoms with Crippen LogP contribution in [-0.2, 0) is 12.8 Å². The van der Waals surface area contributed by atoms with E-state index in [1.807, 2.05) is 0 Å². The van der Waals surface area contributed by atoms with Crippen LogP contribution in [0.25, 0.3) is 0 Å². The number of benzene rings is 2. The fraction of sp³-hybridized carbons (Fsp3) is 0.188. The van der Waals surface area contributed by atoms with Gasteiger partial charge in [-0.05, 0) is 24.6 Å². The van der Waals surface area contributed by atoms with Crippen LogP contribution in [0.15, 0.2) is 42.5 Å². The summed E-state index contributed by atoms with van der Waals surface area (Å²) in [5.74, 6) is -2.58. The highest BCUT2D eigenvalue weighted by molar-refractivity contribution is 5.95. The van der Waals surface area contributed by atoms with Crippen molar-refractivity contribution in [2.45, 2.75) is 19.7 Å². The van der Waals surface area contributed by atoms with Gasteiger partial charge in [0.1, 0.15) is 18.2 Å². The molecule has 0 unspecified atom stereocenters. The molecule has 0 heterocycles. The van der Waals surface area contributed by atoms with Crippen molar-refractivity contribution in [1.29, 1.82) is 0 Å². The maximum absolute atomic E-state index is 13.8. The van der Waals surface area contributed by atoms with Crippen LogP contribution in [0, 0.1) is 5.82 Å². The summed E-state index contributed by atoms with van der Waals surface area (Å²) in [5.41, 5.74) is -1.41. The molecule has 22 heavy (non-hydrogen) atoms. The molecule has 0 saturated carbocycles. The number of rotatable bonds is 4. The quantitative estimate of drug-likeness (QED) is 0.608. The fourth-order valence-corrected chi connectivity index (χ4v) is 1.88. The Labute approximate surface area is 124 Å². The van der Waals surface area contributed by atoms with Crippen molar-refractivity contribution in [2.75, 3.05) is 0 Å². The van der Waals surface area contributed by atoms with Gasteiger partial charge in [-0.1, -0.05) is 30.3 Å². The molecule has 0 atom stereocenters. The Kier molecular flexibility index (Phi) is 4.49. The largest absolute Gasteiger partial charge is 0.489 e. The van der Waals surface area contributed by atoms with Crippen LogP contribution in [0.4, 0.5) is 17.6 Å². The van der Waals surface area contributed by atoms with E-state index in [1.165, 1.54) is 0 Å². The predicted octanol–water partition coefficient (Wildman–Crippen LogP) is 4.63. The minimum absolute atomic E-state index is 0.0150. The maximum atomic E-state index is 13.8. The molecule has 0 fully saturated rings. The van der Waals surface area contributed by atoms with Crippen molar-refractivity contribution < 1.29 is 27.1 Å². The smallest absolute Gasteiger partial charge is 0.419 e. The van der Waals surface area contributed by atoms with Crippen molar-refractivity contribution in [3.63, 3.8) is 0 Å². The second kappa shape index (κ2) is 6.17. The molecule has 0 amide bonds. The molecular formula is C16H12F4O2. The number of hydrogen-bond donors (Lipinski definition) is 0. The Morgan fingerprint density at radius 1 is 1.14 bits per heavy atom. The molecular weight excluding hydrogens is 300 g/mol. The summed E-state index contributed by atoms with van der Waals surface area (Å²) in [4.78, 5) is 11.3. The normalized spacial score (nSPS) is 11.3. The summed E-state index contributed by atoms with van der Waals surface area (Å²) in [6.07, 6.45) is -4.90. The Morgan fingerprint density at radius 3 is 2.32 bits per heavy atom. The topological polar surface area (TPSA) is 26.3 Å². The first-order chi connectivity index (χ1) is 10.3. The van der Waals surface area contributed by atoms with Crippen LogP contribution in [-0.4, -0.2) is 5.78 Å². The summed E-state index contributed by atoms with van der Waals surface area (Å²) in [6, 6.07) is 10.3. The number of alkyl halides is 3. The highest BCUT2D eigenvalue weighted by Crippen LogP contribution is 2.35. The predicted molar refractivity (Wildman–Crippen MR) is 72.2 cm³/mol. The fourth-order valence-electron chi connectivity index (χ4n) is 1.88. The molecule has 0 aliphatic rings. The molecule has 6 heteroatoms. The second-order valence-electron chi connectivity index (χ2n) is 4.66. The van der Waals surface area contributed by atoms with Crippen LogP contribution >= 0.6 is 0 Å². The van der Waals surface area contributed by atoms with Crippen LogP contribution in [0.2, 0.25) is 0 Å². The van der Waals surface area contributed by atoms with Crippen LogP contribution < -0.4 is 4.74 Å². The van der Waals surface area contributed by atoms with Gasteiger partial charge in [0.15, 0.2) is 5.78 Å². The molecule has 116 valence electrons. The summed E-state index contributed by atoms with van der Waals surface area (Å²) in [7, 11) is 0. The summed E-state index contributed by atoms with van der Waals surface area (Å²) >= 11 is 0. The number of carbonyl (C=O) groups is 1. The van der Waals surface area contributed by atoms with Gasteiger partial charge in [-0.3, -0.25) is 4.79 Å².